The first-order valence-corrected chi connectivity index (χ1v) is 12.8. The van der Waals surface area contributed by atoms with Gasteiger partial charge in [0.25, 0.3) is 0 Å². The number of hydrogen-bond donors (Lipinski definition) is 0. The van der Waals surface area contributed by atoms with E-state index in [2.05, 4.69) is 32.7 Å². The summed E-state index contributed by atoms with van der Waals surface area (Å²) in [7, 11) is 2.26. The van der Waals surface area contributed by atoms with Crippen LogP contribution >= 0.6 is 0 Å². The molecule has 0 aromatic heterocycles. The molecule has 0 N–H and O–H groups in total. The summed E-state index contributed by atoms with van der Waals surface area (Å²) in [6.07, 6.45) is 8.31. The van der Waals surface area contributed by atoms with Crippen molar-refractivity contribution >= 4 is 24.4 Å². The van der Waals surface area contributed by atoms with Crippen molar-refractivity contribution in [2.45, 2.75) is 75.2 Å². The molecule has 0 spiro atoms. The first-order valence-electron chi connectivity index (χ1n) is 9.54. The van der Waals surface area contributed by atoms with Crippen LogP contribution in [0.1, 0.15) is 59.3 Å². The number of piperidine rings is 1. The van der Waals surface area contributed by atoms with E-state index in [0.29, 0.717) is 12.2 Å². The summed E-state index contributed by atoms with van der Waals surface area (Å²) in [6, 6.07) is 0. The zero-order chi connectivity index (χ0) is 16.4. The van der Waals surface area contributed by atoms with Gasteiger partial charge in [-0.25, -0.2) is 0 Å². The summed E-state index contributed by atoms with van der Waals surface area (Å²) >= 11 is 0.745. The molecule has 0 aromatic rings. The molecule has 3 atom stereocenters. The average Bonchev–Trinajstić information content (AvgIpc) is 2.51. The van der Waals surface area contributed by atoms with Crippen LogP contribution in [-0.2, 0) is 9.47 Å². The van der Waals surface area contributed by atoms with E-state index in [1.807, 2.05) is 0 Å². The van der Waals surface area contributed by atoms with Gasteiger partial charge in [0.2, 0.25) is 0 Å². The van der Waals surface area contributed by atoms with Crippen molar-refractivity contribution in [1.82, 2.24) is 4.90 Å². The van der Waals surface area contributed by atoms with Crippen molar-refractivity contribution in [3.8, 4) is 0 Å². The fourth-order valence-electron chi connectivity index (χ4n) is 3.73. The van der Waals surface area contributed by atoms with Gasteiger partial charge in [0, 0.05) is 0 Å². The Kier molecular flexibility index (Phi) is 11.5. The Labute approximate surface area is 153 Å². The van der Waals surface area contributed by atoms with Crippen molar-refractivity contribution in [3.05, 3.63) is 0 Å². The van der Waals surface area contributed by atoms with Crippen LogP contribution in [0, 0.1) is 5.92 Å². The molecule has 1 fully saturated rings. The van der Waals surface area contributed by atoms with Crippen molar-refractivity contribution in [3.63, 3.8) is 0 Å². The number of nitrogens with zero attached hydrogens (tertiary/aromatic N) is 1. The molecule has 1 aliphatic rings. The minimum absolute atomic E-state index is 0.301. The molecule has 0 bridgehead atoms. The molecule has 3 nitrogen and oxygen atoms in total. The first-order chi connectivity index (χ1) is 10.6. The Balaban J connectivity index is 2.44. The van der Waals surface area contributed by atoms with Crippen molar-refractivity contribution in [2.24, 2.45) is 5.92 Å². The van der Waals surface area contributed by atoms with Gasteiger partial charge in [0.05, 0.1) is 0 Å². The van der Waals surface area contributed by atoms with E-state index in [1.54, 1.807) is 0 Å². The predicted octanol–water partition coefficient (Wildman–Crippen LogP) is 3.14. The Morgan fingerprint density at radius 1 is 0.955 bits per heavy atom. The van der Waals surface area contributed by atoms with Crippen molar-refractivity contribution in [1.29, 1.82) is 0 Å². The fraction of sp³-hybridized carbons (Fsp3) is 1.00. The van der Waals surface area contributed by atoms with Gasteiger partial charge in [-0.2, -0.15) is 0 Å². The summed E-state index contributed by atoms with van der Waals surface area (Å²) in [6.45, 7) is 10.7. The molecule has 130 valence electrons. The Morgan fingerprint density at radius 3 is 2.00 bits per heavy atom. The van der Waals surface area contributed by atoms with Gasteiger partial charge in [0.15, 0.2) is 0 Å². The van der Waals surface area contributed by atoms with Crippen LogP contribution in [0.25, 0.3) is 0 Å². The molecular formula is C18H38InNO2. The molecule has 0 radical (unpaired) electrons. The molecule has 4 heteroatoms. The van der Waals surface area contributed by atoms with Crippen LogP contribution < -0.4 is 0 Å². The average molecular weight is 415 g/mol. The monoisotopic (exact) mass is 415 g/mol. The zero-order valence-corrected chi connectivity index (χ0v) is 21.4. The predicted molar refractivity (Wildman–Crippen MR) is 97.5 cm³/mol. The molecule has 1 aliphatic heterocycles. The van der Waals surface area contributed by atoms with Crippen LogP contribution in [0.15, 0.2) is 0 Å². The topological polar surface area (TPSA) is 21.7 Å². The quantitative estimate of drug-likeness (QED) is 0.518. The molecular weight excluding hydrogens is 377 g/mol. The molecule has 1 rings (SSSR count). The molecule has 0 aliphatic carbocycles. The van der Waals surface area contributed by atoms with Gasteiger partial charge in [-0.3, -0.25) is 0 Å². The maximum absolute atomic E-state index is 6.05. The van der Waals surface area contributed by atoms with Gasteiger partial charge in [-0.05, 0) is 0 Å². The Hall–Kier alpha value is 0.750. The standard InChI is InChI=1S/C18H36NO2.In.2H/c1-5-9-17(20-6-2)18(21-7-3)11-8-10-16-12-14-19(4)15-13-16;;;/h10,16-18H,5-9,11-15H2,1-4H3;;;. The maximum atomic E-state index is 6.05. The molecule has 0 saturated carbocycles. The van der Waals surface area contributed by atoms with Crippen LogP contribution in [0.3, 0.4) is 0 Å². The zero-order valence-electron chi connectivity index (χ0n) is 15.6. The molecule has 1 heterocycles. The van der Waals surface area contributed by atoms with Gasteiger partial charge in [0.1, 0.15) is 0 Å². The number of rotatable bonds is 11. The second-order valence-corrected chi connectivity index (χ2v) is 11.2. The number of hydrogen-bond acceptors (Lipinski definition) is 3. The number of ether oxygens (including phenoxy) is 2. The van der Waals surface area contributed by atoms with Crippen molar-refractivity contribution < 1.29 is 9.47 Å². The second-order valence-electron chi connectivity index (χ2n) is 6.97. The van der Waals surface area contributed by atoms with Gasteiger partial charge >= 0.3 is 153 Å². The van der Waals surface area contributed by atoms with Gasteiger partial charge < -0.3 is 0 Å². The first kappa shape index (κ1) is 20.8. The molecule has 22 heavy (non-hydrogen) atoms. The molecule has 0 aromatic carbocycles. The molecule has 0 amide bonds. The van der Waals surface area contributed by atoms with E-state index in [0.717, 1.165) is 53.6 Å². The van der Waals surface area contributed by atoms with E-state index in [-0.39, 0.29) is 0 Å². The normalized spacial score (nSPS) is 21.6. The SMILES string of the molecule is CCCC(OCC)C(CC[CH]([InH2])C1CCN(C)CC1)OCC. The summed E-state index contributed by atoms with van der Waals surface area (Å²) in [5, 5.41) is 0. The third kappa shape index (κ3) is 7.55. The summed E-state index contributed by atoms with van der Waals surface area (Å²) in [5.41, 5.74) is 0. The minimum atomic E-state index is 0.301. The Morgan fingerprint density at radius 2 is 1.50 bits per heavy atom. The fourth-order valence-corrected chi connectivity index (χ4v) is 6.58. The third-order valence-electron chi connectivity index (χ3n) is 5.22. The van der Waals surface area contributed by atoms with Gasteiger partial charge in [-0.1, -0.05) is 0 Å². The molecule has 1 saturated heterocycles. The van der Waals surface area contributed by atoms with E-state index >= 15 is 0 Å². The third-order valence-corrected chi connectivity index (χ3v) is 9.56. The molecule has 3 unspecified atom stereocenters. The second kappa shape index (κ2) is 12.2. The van der Waals surface area contributed by atoms with E-state index in [4.69, 9.17) is 9.47 Å². The van der Waals surface area contributed by atoms with E-state index < -0.39 is 0 Å². The summed E-state index contributed by atoms with van der Waals surface area (Å²) < 4.78 is 13.0. The van der Waals surface area contributed by atoms with E-state index in [9.17, 15) is 0 Å². The summed E-state index contributed by atoms with van der Waals surface area (Å²) in [4.78, 5) is 2.48. The summed E-state index contributed by atoms with van der Waals surface area (Å²) in [5.74, 6) is 0.992. The van der Waals surface area contributed by atoms with Gasteiger partial charge in [-0.15, -0.1) is 0 Å². The number of likely N-dealkylation sites (tertiary alicyclic amines) is 1. The van der Waals surface area contributed by atoms with Crippen LogP contribution in [0.2, 0.25) is 3.67 Å². The Bertz CT molecular complexity index is 264. The van der Waals surface area contributed by atoms with Crippen molar-refractivity contribution in [2.75, 3.05) is 33.4 Å². The van der Waals surface area contributed by atoms with Crippen LogP contribution in [-0.4, -0.2) is 74.8 Å². The van der Waals surface area contributed by atoms with Crippen LogP contribution in [0.5, 0.6) is 0 Å². The van der Waals surface area contributed by atoms with Crippen LogP contribution in [0.4, 0.5) is 0 Å². The van der Waals surface area contributed by atoms with E-state index in [1.165, 1.54) is 45.2 Å².